The van der Waals surface area contributed by atoms with Crippen LogP contribution in [0.4, 0.5) is 45.5 Å². The molecule has 11 aromatic rings. The molecule has 0 saturated heterocycles. The summed E-state index contributed by atoms with van der Waals surface area (Å²) in [4.78, 5) is 7.86. The largest absolute Gasteiger partial charge is 0.456 e. The summed E-state index contributed by atoms with van der Waals surface area (Å²) < 4.78 is 13.7. The summed E-state index contributed by atoms with van der Waals surface area (Å²) in [5.41, 5.74) is 23.1. The second-order valence-corrected chi connectivity index (χ2v) is 22.8. The van der Waals surface area contributed by atoms with Crippen LogP contribution >= 0.6 is 0 Å². The SMILES string of the molecule is Cc1cc2c3c(c1)N(c1cccc4oc5ccccc5c14)c1cc(-c4ccccc4)ccc1B3c1ccc(N3c4ccc(C(C)(C)C)cc4C4(C)CCCCC34C)cc1N2c1cccc2c1oc1ccccc12. The van der Waals surface area contributed by atoms with E-state index in [0.29, 0.717) is 0 Å². The molecule has 1 aliphatic carbocycles. The number of hydrogen-bond acceptors (Lipinski definition) is 5. The number of nitrogens with zero attached hydrogens (tertiary/aromatic N) is 3. The van der Waals surface area contributed by atoms with Gasteiger partial charge in [-0.25, -0.2) is 0 Å². The van der Waals surface area contributed by atoms with Gasteiger partial charge < -0.3 is 23.5 Å². The Bertz CT molecular complexity index is 4120. The summed E-state index contributed by atoms with van der Waals surface area (Å²) in [6, 6.07) is 67.9. The first-order valence-electron chi connectivity index (χ1n) is 26.3. The lowest BCUT2D eigenvalue weighted by atomic mass is 9.33. The molecule has 6 heteroatoms. The third-order valence-electron chi connectivity index (χ3n) is 17.8. The Morgan fingerprint density at radius 1 is 0.493 bits per heavy atom. The maximum Gasteiger partial charge on any atom is 0.252 e. The van der Waals surface area contributed by atoms with Crippen LogP contribution < -0.4 is 31.1 Å². The lowest BCUT2D eigenvalue weighted by Gasteiger charge is -2.50. The molecule has 5 heterocycles. The Balaban J connectivity index is 1.03. The number of para-hydroxylation sites is 3. The first-order valence-corrected chi connectivity index (χ1v) is 26.3. The van der Waals surface area contributed by atoms with Crippen molar-refractivity contribution in [3.63, 3.8) is 0 Å². The van der Waals surface area contributed by atoms with E-state index >= 15 is 0 Å². The van der Waals surface area contributed by atoms with Gasteiger partial charge in [-0.15, -0.1) is 0 Å². The molecule has 2 atom stereocenters. The van der Waals surface area contributed by atoms with Gasteiger partial charge in [0.1, 0.15) is 16.7 Å². The van der Waals surface area contributed by atoms with Crippen molar-refractivity contribution in [1.82, 2.24) is 0 Å². The van der Waals surface area contributed by atoms with Crippen molar-refractivity contribution in [3.05, 3.63) is 199 Å². The monoisotopic (exact) mass is 945 g/mol. The number of furan rings is 2. The van der Waals surface area contributed by atoms with Gasteiger partial charge in [0.15, 0.2) is 5.58 Å². The lowest BCUT2D eigenvalue weighted by Crippen LogP contribution is -2.61. The van der Waals surface area contributed by atoms with Crippen LogP contribution in [0.5, 0.6) is 0 Å². The van der Waals surface area contributed by atoms with E-state index in [4.69, 9.17) is 8.83 Å². The number of aryl methyl sites for hydroxylation is 1. The van der Waals surface area contributed by atoms with Gasteiger partial charge in [-0.1, -0.05) is 156 Å². The zero-order valence-corrected chi connectivity index (χ0v) is 42.4. The molecule has 73 heavy (non-hydrogen) atoms. The maximum absolute atomic E-state index is 7.02. The second kappa shape index (κ2) is 15.1. The van der Waals surface area contributed by atoms with Crippen LogP contribution in [0, 0.1) is 6.92 Å². The van der Waals surface area contributed by atoms with Crippen LogP contribution in [-0.4, -0.2) is 12.3 Å². The van der Waals surface area contributed by atoms with Crippen LogP contribution in [0.25, 0.3) is 55.0 Å². The van der Waals surface area contributed by atoms with E-state index in [0.717, 1.165) is 67.4 Å². The van der Waals surface area contributed by atoms with Gasteiger partial charge in [-0.05, 0) is 143 Å². The van der Waals surface area contributed by atoms with E-state index in [2.05, 4.69) is 238 Å². The van der Waals surface area contributed by atoms with Crippen LogP contribution in [0.15, 0.2) is 191 Å². The van der Waals surface area contributed by atoms with Gasteiger partial charge >= 0.3 is 0 Å². The number of hydrogen-bond donors (Lipinski definition) is 0. The Kier molecular flexibility index (Phi) is 8.80. The summed E-state index contributed by atoms with van der Waals surface area (Å²) in [6.45, 7) is 14.3. The van der Waals surface area contributed by atoms with Crippen molar-refractivity contribution >= 4 is 112 Å². The van der Waals surface area contributed by atoms with Gasteiger partial charge in [0.2, 0.25) is 0 Å². The van der Waals surface area contributed by atoms with E-state index < -0.39 is 0 Å². The summed E-state index contributed by atoms with van der Waals surface area (Å²) >= 11 is 0. The van der Waals surface area contributed by atoms with E-state index in [1.807, 2.05) is 0 Å². The average Bonchev–Trinajstić information content (AvgIpc) is 4.04. The molecular weight excluding hydrogens is 890 g/mol. The smallest absolute Gasteiger partial charge is 0.252 e. The van der Waals surface area contributed by atoms with Crippen LogP contribution in [0.1, 0.15) is 77.0 Å². The molecular formula is C67H56BN3O2. The molecule has 0 amide bonds. The molecule has 5 nitrogen and oxygen atoms in total. The number of anilines is 8. The maximum atomic E-state index is 7.02. The van der Waals surface area contributed by atoms with Crippen LogP contribution in [0.2, 0.25) is 0 Å². The number of rotatable bonds is 4. The number of fused-ring (bicyclic) bond motifs is 13. The van der Waals surface area contributed by atoms with Gasteiger partial charge in [-0.3, -0.25) is 0 Å². The van der Waals surface area contributed by atoms with Crippen molar-refractivity contribution in [2.24, 2.45) is 0 Å². The Labute approximate surface area is 427 Å². The van der Waals surface area contributed by atoms with Crippen molar-refractivity contribution < 1.29 is 8.83 Å². The van der Waals surface area contributed by atoms with E-state index in [1.165, 1.54) is 91.9 Å². The topological polar surface area (TPSA) is 36.0 Å². The lowest BCUT2D eigenvalue weighted by molar-refractivity contribution is 0.195. The van der Waals surface area contributed by atoms with Gasteiger partial charge in [0, 0.05) is 55.7 Å². The first-order chi connectivity index (χ1) is 35.5. The molecule has 2 unspecified atom stereocenters. The molecule has 0 bridgehead atoms. The highest BCUT2D eigenvalue weighted by Gasteiger charge is 2.58. The van der Waals surface area contributed by atoms with E-state index in [-0.39, 0.29) is 23.1 Å². The molecule has 354 valence electrons. The normalized spacial score (nSPS) is 18.9. The van der Waals surface area contributed by atoms with Gasteiger partial charge in [0.05, 0.1) is 22.3 Å². The van der Waals surface area contributed by atoms with Crippen molar-refractivity contribution in [2.75, 3.05) is 14.7 Å². The van der Waals surface area contributed by atoms with Crippen molar-refractivity contribution in [3.8, 4) is 11.1 Å². The Morgan fingerprint density at radius 3 is 1.93 bits per heavy atom. The van der Waals surface area contributed by atoms with Crippen molar-refractivity contribution in [2.45, 2.75) is 83.6 Å². The Hall–Kier alpha value is -7.96. The summed E-state index contributed by atoms with van der Waals surface area (Å²) in [5.74, 6) is 0. The predicted molar refractivity (Wildman–Crippen MR) is 307 cm³/mol. The molecule has 3 aliphatic heterocycles. The molecule has 15 rings (SSSR count). The zero-order valence-electron chi connectivity index (χ0n) is 42.4. The van der Waals surface area contributed by atoms with E-state index in [1.54, 1.807) is 0 Å². The fraction of sp³-hybridized carbons (Fsp3) is 0.194. The number of benzene rings is 9. The highest BCUT2D eigenvalue weighted by molar-refractivity contribution is 7.00. The average molecular weight is 946 g/mol. The minimum absolute atomic E-state index is 0.0126. The Morgan fingerprint density at radius 2 is 1.14 bits per heavy atom. The molecule has 1 saturated carbocycles. The molecule has 4 aliphatic rings. The first kappa shape index (κ1) is 42.7. The van der Waals surface area contributed by atoms with E-state index in [9.17, 15) is 0 Å². The van der Waals surface area contributed by atoms with Crippen LogP contribution in [0.3, 0.4) is 0 Å². The minimum Gasteiger partial charge on any atom is -0.456 e. The molecule has 0 radical (unpaired) electrons. The predicted octanol–water partition coefficient (Wildman–Crippen LogP) is 16.6. The third-order valence-corrected chi connectivity index (χ3v) is 17.8. The standard InChI is InChI=1S/C67H56BN3O2/c1-41-36-57-63-58(37-41)70(54-24-16-22-47-46-20-10-12-25-59(46)73-64(47)54)56-40-45(71-52-33-29-44(65(2,3)4)39-49(52)66(5)34-14-15-35-67(66,71)6)30-32-51(56)68(63)50-31-28-43(42-18-8-7-9-19-42)38-55(50)69(57)53-23-17-27-61-62(53)48-21-11-13-26-60(48)72-61/h7-13,16-33,36-40H,14-15,34-35H2,1-6H3. The summed E-state index contributed by atoms with van der Waals surface area (Å²) in [6.07, 6.45) is 4.75. The highest BCUT2D eigenvalue weighted by Crippen LogP contribution is 2.62. The highest BCUT2D eigenvalue weighted by atomic mass is 16.3. The molecule has 0 spiro atoms. The zero-order chi connectivity index (χ0) is 49.1. The minimum atomic E-state index is -0.123. The van der Waals surface area contributed by atoms with Crippen molar-refractivity contribution in [1.29, 1.82) is 0 Å². The quantitative estimate of drug-likeness (QED) is 0.164. The molecule has 2 aromatic heterocycles. The molecule has 0 N–H and O–H groups in total. The van der Waals surface area contributed by atoms with Gasteiger partial charge in [-0.2, -0.15) is 0 Å². The summed E-state index contributed by atoms with van der Waals surface area (Å²) in [7, 11) is 0. The van der Waals surface area contributed by atoms with Gasteiger partial charge in [0.25, 0.3) is 6.71 Å². The van der Waals surface area contributed by atoms with Crippen LogP contribution in [-0.2, 0) is 10.8 Å². The fourth-order valence-electron chi connectivity index (χ4n) is 14.0. The fourth-order valence-corrected chi connectivity index (χ4v) is 14.0. The second-order valence-electron chi connectivity index (χ2n) is 22.8. The molecule has 9 aromatic carbocycles. The molecule has 1 fully saturated rings. The summed E-state index contributed by atoms with van der Waals surface area (Å²) in [5, 5.41) is 4.45. The third kappa shape index (κ3) is 5.86.